The van der Waals surface area contributed by atoms with Crippen molar-refractivity contribution in [1.29, 1.82) is 0 Å². The summed E-state index contributed by atoms with van der Waals surface area (Å²) < 4.78 is 2.00. The maximum Gasteiger partial charge on any atom is 0.153 e. The van der Waals surface area contributed by atoms with Gasteiger partial charge in [-0.2, -0.15) is 5.10 Å². The van der Waals surface area contributed by atoms with E-state index in [1.165, 1.54) is 18.5 Å². The zero-order valence-electron chi connectivity index (χ0n) is 6.73. The Morgan fingerprint density at radius 2 is 2.58 bits per heavy atom. The molecule has 3 rings (SSSR count). The monoisotopic (exact) mass is 162 g/mol. The number of carbonyl (C=O) groups excluding carboxylic acids is 1. The Bertz CT molecular complexity index is 342. The minimum absolute atomic E-state index is 0.654. The van der Waals surface area contributed by atoms with Gasteiger partial charge in [0.05, 0.1) is 17.5 Å². The summed E-state index contributed by atoms with van der Waals surface area (Å²) in [5.74, 6) is 1.51. The maximum absolute atomic E-state index is 10.7. The van der Waals surface area contributed by atoms with Crippen molar-refractivity contribution in [2.45, 2.75) is 25.3 Å². The number of aryl methyl sites for hydroxylation is 1. The third-order valence-corrected chi connectivity index (χ3v) is 3.02. The number of aldehydes is 1. The standard InChI is InChI=1S/C9H10N2O/c12-5-7-4-10-11-2-1-6-3-8(6)9(7)11/h4-6,8H,1-3H2. The molecule has 0 bridgehead atoms. The van der Waals surface area contributed by atoms with Gasteiger partial charge in [-0.25, -0.2) is 0 Å². The number of hydrogen-bond donors (Lipinski definition) is 0. The van der Waals surface area contributed by atoms with E-state index in [-0.39, 0.29) is 0 Å². The molecule has 0 aromatic carbocycles. The van der Waals surface area contributed by atoms with Gasteiger partial charge >= 0.3 is 0 Å². The van der Waals surface area contributed by atoms with Gasteiger partial charge in [-0.15, -0.1) is 0 Å². The summed E-state index contributed by atoms with van der Waals surface area (Å²) in [4.78, 5) is 10.7. The quantitative estimate of drug-likeness (QED) is 0.581. The lowest BCUT2D eigenvalue weighted by Crippen LogP contribution is -2.11. The Morgan fingerprint density at radius 3 is 3.42 bits per heavy atom. The van der Waals surface area contributed by atoms with Gasteiger partial charge in [0, 0.05) is 12.5 Å². The lowest BCUT2D eigenvalue weighted by molar-refractivity contribution is 0.112. The highest BCUT2D eigenvalue weighted by molar-refractivity contribution is 5.76. The van der Waals surface area contributed by atoms with Crippen molar-refractivity contribution in [3.05, 3.63) is 17.5 Å². The van der Waals surface area contributed by atoms with Crippen molar-refractivity contribution < 1.29 is 4.79 Å². The molecule has 1 aromatic rings. The van der Waals surface area contributed by atoms with Gasteiger partial charge in [-0.1, -0.05) is 0 Å². The molecule has 0 N–H and O–H groups in total. The van der Waals surface area contributed by atoms with Crippen molar-refractivity contribution in [3.63, 3.8) is 0 Å². The molecule has 2 unspecified atom stereocenters. The number of carbonyl (C=O) groups is 1. The van der Waals surface area contributed by atoms with Crippen molar-refractivity contribution in [1.82, 2.24) is 9.78 Å². The van der Waals surface area contributed by atoms with E-state index in [0.717, 1.165) is 24.3 Å². The van der Waals surface area contributed by atoms with E-state index in [0.29, 0.717) is 5.92 Å². The molecular weight excluding hydrogens is 152 g/mol. The zero-order valence-corrected chi connectivity index (χ0v) is 6.73. The second-order valence-corrected chi connectivity index (χ2v) is 3.72. The molecule has 62 valence electrons. The summed E-state index contributed by atoms with van der Waals surface area (Å²) in [6, 6.07) is 0. The number of hydrogen-bond acceptors (Lipinski definition) is 2. The van der Waals surface area contributed by atoms with Crippen molar-refractivity contribution in [3.8, 4) is 0 Å². The minimum Gasteiger partial charge on any atom is -0.298 e. The van der Waals surface area contributed by atoms with Gasteiger partial charge in [0.15, 0.2) is 6.29 Å². The van der Waals surface area contributed by atoms with Gasteiger partial charge < -0.3 is 0 Å². The highest BCUT2D eigenvalue weighted by Crippen LogP contribution is 2.53. The van der Waals surface area contributed by atoms with Crippen LogP contribution < -0.4 is 0 Å². The van der Waals surface area contributed by atoms with Crippen LogP contribution in [0.25, 0.3) is 0 Å². The van der Waals surface area contributed by atoms with Crippen molar-refractivity contribution >= 4 is 6.29 Å². The van der Waals surface area contributed by atoms with Crippen LogP contribution in [0, 0.1) is 5.92 Å². The Balaban J connectivity index is 2.16. The molecule has 3 nitrogen and oxygen atoms in total. The van der Waals surface area contributed by atoms with E-state index in [1.54, 1.807) is 6.20 Å². The number of fused-ring (bicyclic) bond motifs is 3. The average molecular weight is 162 g/mol. The van der Waals surface area contributed by atoms with E-state index in [1.807, 2.05) is 4.68 Å². The maximum atomic E-state index is 10.7. The van der Waals surface area contributed by atoms with Crippen LogP contribution in [0.2, 0.25) is 0 Å². The number of rotatable bonds is 1. The lowest BCUT2D eigenvalue weighted by atomic mass is 10.1. The van der Waals surface area contributed by atoms with Crippen LogP contribution in [0.1, 0.15) is 34.8 Å². The Morgan fingerprint density at radius 1 is 1.67 bits per heavy atom. The fourth-order valence-electron chi connectivity index (χ4n) is 2.27. The molecule has 1 aliphatic heterocycles. The molecule has 2 aliphatic rings. The molecule has 0 saturated heterocycles. The molecule has 0 spiro atoms. The summed E-state index contributed by atoms with van der Waals surface area (Å²) in [5, 5.41) is 4.19. The molecule has 12 heavy (non-hydrogen) atoms. The SMILES string of the molecule is O=Cc1cnn2c1C1CC1CC2. The fourth-order valence-corrected chi connectivity index (χ4v) is 2.27. The van der Waals surface area contributed by atoms with E-state index in [2.05, 4.69) is 5.10 Å². The third-order valence-electron chi connectivity index (χ3n) is 3.02. The molecule has 0 radical (unpaired) electrons. The van der Waals surface area contributed by atoms with Crippen LogP contribution in [-0.2, 0) is 6.54 Å². The lowest BCUT2D eigenvalue weighted by Gasteiger charge is -2.12. The normalized spacial score (nSPS) is 30.7. The summed E-state index contributed by atoms with van der Waals surface area (Å²) >= 11 is 0. The molecule has 1 saturated carbocycles. The molecule has 3 heteroatoms. The first-order valence-electron chi connectivity index (χ1n) is 4.41. The molecule has 1 aliphatic carbocycles. The summed E-state index contributed by atoms with van der Waals surface area (Å²) in [7, 11) is 0. The average Bonchev–Trinajstić information content (AvgIpc) is 2.78. The first-order valence-corrected chi connectivity index (χ1v) is 4.41. The molecule has 0 amide bonds. The van der Waals surface area contributed by atoms with Crippen LogP contribution in [0.5, 0.6) is 0 Å². The summed E-state index contributed by atoms with van der Waals surface area (Å²) in [6.45, 7) is 1.00. The zero-order chi connectivity index (χ0) is 8.13. The fraction of sp³-hybridized carbons (Fsp3) is 0.556. The van der Waals surface area contributed by atoms with Gasteiger partial charge in [-0.3, -0.25) is 9.48 Å². The van der Waals surface area contributed by atoms with Gasteiger partial charge in [0.25, 0.3) is 0 Å². The molecule has 2 heterocycles. The smallest absolute Gasteiger partial charge is 0.153 e. The summed E-state index contributed by atoms with van der Waals surface area (Å²) in [6.07, 6.45) is 5.15. The second kappa shape index (κ2) is 1.97. The first kappa shape index (κ1) is 6.40. The van der Waals surface area contributed by atoms with Crippen LogP contribution in [0.3, 0.4) is 0 Å². The van der Waals surface area contributed by atoms with Gasteiger partial charge in [0.2, 0.25) is 0 Å². The third kappa shape index (κ3) is 0.661. The first-order chi connectivity index (χ1) is 5.90. The van der Waals surface area contributed by atoms with E-state index < -0.39 is 0 Å². The van der Waals surface area contributed by atoms with Crippen LogP contribution in [-0.4, -0.2) is 16.1 Å². The Kier molecular flexibility index (Phi) is 1.05. The van der Waals surface area contributed by atoms with Gasteiger partial charge in [-0.05, 0) is 18.8 Å². The molecule has 1 fully saturated rings. The number of nitrogens with zero attached hydrogens (tertiary/aromatic N) is 2. The highest BCUT2D eigenvalue weighted by atomic mass is 16.1. The van der Waals surface area contributed by atoms with Crippen LogP contribution in [0.4, 0.5) is 0 Å². The van der Waals surface area contributed by atoms with Gasteiger partial charge in [0.1, 0.15) is 0 Å². The van der Waals surface area contributed by atoms with E-state index >= 15 is 0 Å². The van der Waals surface area contributed by atoms with Crippen molar-refractivity contribution in [2.75, 3.05) is 0 Å². The predicted octanol–water partition coefficient (Wildman–Crippen LogP) is 1.20. The molecule has 2 atom stereocenters. The largest absolute Gasteiger partial charge is 0.298 e. The minimum atomic E-state index is 0.654. The Labute approximate surface area is 70.4 Å². The number of aromatic nitrogens is 2. The topological polar surface area (TPSA) is 34.9 Å². The van der Waals surface area contributed by atoms with E-state index in [4.69, 9.17) is 0 Å². The molecular formula is C9H10N2O. The van der Waals surface area contributed by atoms with Crippen LogP contribution >= 0.6 is 0 Å². The van der Waals surface area contributed by atoms with Crippen LogP contribution in [0.15, 0.2) is 6.20 Å². The summed E-state index contributed by atoms with van der Waals surface area (Å²) in [5.41, 5.74) is 2.00. The molecule has 1 aromatic heterocycles. The Hall–Kier alpha value is -1.12. The highest BCUT2D eigenvalue weighted by Gasteiger charge is 2.44. The predicted molar refractivity (Wildman–Crippen MR) is 43.1 cm³/mol. The van der Waals surface area contributed by atoms with E-state index in [9.17, 15) is 4.79 Å². The second-order valence-electron chi connectivity index (χ2n) is 3.72. The van der Waals surface area contributed by atoms with Crippen molar-refractivity contribution in [2.24, 2.45) is 5.92 Å².